The van der Waals surface area contributed by atoms with E-state index in [2.05, 4.69) is 14.8 Å². The Balaban J connectivity index is 1.53. The molecular formula is C19H25N3O3. The Bertz CT molecular complexity index is 686. The zero-order valence-corrected chi connectivity index (χ0v) is 14.5. The molecule has 6 nitrogen and oxygen atoms in total. The molecule has 1 amide bonds. The normalized spacial score (nSPS) is 27.4. The summed E-state index contributed by atoms with van der Waals surface area (Å²) in [5.74, 6) is -0.0259. The summed E-state index contributed by atoms with van der Waals surface area (Å²) >= 11 is 0. The van der Waals surface area contributed by atoms with Crippen molar-refractivity contribution in [2.24, 2.45) is 5.41 Å². The molecule has 1 saturated carbocycles. The summed E-state index contributed by atoms with van der Waals surface area (Å²) in [5.41, 5.74) is -0.247. The number of pyridine rings is 1. The highest BCUT2D eigenvalue weighted by atomic mass is 16.4. The largest absolute Gasteiger partial charge is 0.477 e. The SMILES string of the molecule is O=C(O)c1cccc(N2CC[C@@]3(CCCN(C4CCCC4)C3=O)C2)n1. The minimum absolute atomic E-state index is 0.0565. The van der Waals surface area contributed by atoms with Crippen molar-refractivity contribution in [1.82, 2.24) is 9.88 Å². The van der Waals surface area contributed by atoms with Gasteiger partial charge in [0.25, 0.3) is 0 Å². The van der Waals surface area contributed by atoms with Crippen molar-refractivity contribution in [1.29, 1.82) is 0 Å². The number of amides is 1. The van der Waals surface area contributed by atoms with Crippen LogP contribution >= 0.6 is 0 Å². The minimum Gasteiger partial charge on any atom is -0.477 e. The Morgan fingerprint density at radius 3 is 2.72 bits per heavy atom. The molecule has 3 aliphatic rings. The molecule has 2 saturated heterocycles. The van der Waals surface area contributed by atoms with Crippen molar-refractivity contribution in [3.63, 3.8) is 0 Å². The Labute approximate surface area is 147 Å². The van der Waals surface area contributed by atoms with Crippen LogP contribution in [0.2, 0.25) is 0 Å². The predicted octanol–water partition coefficient (Wildman–Crippen LogP) is 2.54. The van der Waals surface area contributed by atoms with Crippen LogP contribution < -0.4 is 4.90 Å². The molecule has 1 atom stereocenters. The Kier molecular flexibility index (Phi) is 4.13. The monoisotopic (exact) mass is 343 g/mol. The number of nitrogens with zero attached hydrogens (tertiary/aromatic N) is 3. The van der Waals surface area contributed by atoms with E-state index in [4.69, 9.17) is 5.11 Å². The van der Waals surface area contributed by atoms with Crippen molar-refractivity contribution in [3.8, 4) is 0 Å². The van der Waals surface area contributed by atoms with Gasteiger partial charge in [0.15, 0.2) is 5.69 Å². The number of aromatic carboxylic acids is 1. The van der Waals surface area contributed by atoms with Crippen LogP contribution in [0, 0.1) is 5.41 Å². The molecule has 25 heavy (non-hydrogen) atoms. The van der Waals surface area contributed by atoms with E-state index >= 15 is 0 Å². The molecule has 134 valence electrons. The Morgan fingerprint density at radius 2 is 1.96 bits per heavy atom. The lowest BCUT2D eigenvalue weighted by Crippen LogP contribution is -2.53. The molecule has 0 unspecified atom stereocenters. The molecule has 0 bridgehead atoms. The third-order valence-electron chi connectivity index (χ3n) is 6.17. The number of hydrogen-bond acceptors (Lipinski definition) is 4. The highest BCUT2D eigenvalue weighted by molar-refractivity contribution is 5.86. The van der Waals surface area contributed by atoms with Crippen LogP contribution in [0.4, 0.5) is 5.82 Å². The zero-order valence-electron chi connectivity index (χ0n) is 14.5. The van der Waals surface area contributed by atoms with E-state index in [1.165, 1.54) is 18.9 Å². The molecule has 3 fully saturated rings. The third kappa shape index (κ3) is 2.87. The molecule has 1 aromatic rings. The van der Waals surface area contributed by atoms with Crippen molar-refractivity contribution in [3.05, 3.63) is 23.9 Å². The maximum absolute atomic E-state index is 13.3. The average molecular weight is 343 g/mol. The first-order valence-corrected chi connectivity index (χ1v) is 9.35. The molecule has 0 radical (unpaired) electrons. The summed E-state index contributed by atoms with van der Waals surface area (Å²) < 4.78 is 0. The van der Waals surface area contributed by atoms with Gasteiger partial charge >= 0.3 is 5.97 Å². The molecule has 1 aliphatic carbocycles. The van der Waals surface area contributed by atoms with Crippen molar-refractivity contribution < 1.29 is 14.7 Å². The Hall–Kier alpha value is -2.11. The summed E-state index contributed by atoms with van der Waals surface area (Å²) in [7, 11) is 0. The van der Waals surface area contributed by atoms with Crippen LogP contribution in [-0.2, 0) is 4.79 Å². The molecule has 0 aromatic carbocycles. The van der Waals surface area contributed by atoms with Crippen molar-refractivity contribution in [2.45, 2.75) is 51.0 Å². The number of piperidine rings is 1. The lowest BCUT2D eigenvalue weighted by Gasteiger charge is -2.42. The van der Waals surface area contributed by atoms with E-state index in [9.17, 15) is 9.59 Å². The van der Waals surface area contributed by atoms with E-state index in [0.717, 1.165) is 45.2 Å². The second-order valence-corrected chi connectivity index (χ2v) is 7.68. The van der Waals surface area contributed by atoms with Crippen LogP contribution in [0.1, 0.15) is 55.4 Å². The molecule has 4 rings (SSSR count). The summed E-state index contributed by atoms with van der Waals surface area (Å²) in [4.78, 5) is 32.9. The molecule has 1 N–H and O–H groups in total. The summed E-state index contributed by atoms with van der Waals surface area (Å²) in [6, 6.07) is 5.51. The summed E-state index contributed by atoms with van der Waals surface area (Å²) in [5, 5.41) is 9.15. The van der Waals surface area contributed by atoms with Crippen molar-refractivity contribution in [2.75, 3.05) is 24.5 Å². The standard InChI is InChI=1S/C19H25N3O3/c23-17(24)15-7-3-8-16(20-15)21-12-10-19(13-21)9-4-11-22(18(19)25)14-5-1-2-6-14/h3,7-8,14H,1-2,4-6,9-13H2,(H,23,24)/t19-/m0/s1. The number of likely N-dealkylation sites (tertiary alicyclic amines) is 1. The fourth-order valence-electron chi connectivity index (χ4n) is 4.83. The molecule has 1 spiro atoms. The van der Waals surface area contributed by atoms with Gasteiger partial charge in [-0.1, -0.05) is 18.9 Å². The first-order chi connectivity index (χ1) is 12.1. The molecule has 6 heteroatoms. The quantitative estimate of drug-likeness (QED) is 0.913. The fourth-order valence-corrected chi connectivity index (χ4v) is 4.83. The maximum Gasteiger partial charge on any atom is 0.354 e. The lowest BCUT2D eigenvalue weighted by molar-refractivity contribution is -0.147. The van der Waals surface area contributed by atoms with Crippen LogP contribution in [0.15, 0.2) is 18.2 Å². The number of carboxylic acids is 1. The number of rotatable bonds is 3. The van der Waals surface area contributed by atoms with Gasteiger partial charge in [-0.2, -0.15) is 0 Å². The molecule has 2 aliphatic heterocycles. The molecule has 3 heterocycles. The smallest absolute Gasteiger partial charge is 0.354 e. The summed E-state index contributed by atoms with van der Waals surface area (Å²) in [6.07, 6.45) is 7.61. The van der Waals surface area contributed by atoms with E-state index in [1.54, 1.807) is 6.07 Å². The van der Waals surface area contributed by atoms with Gasteiger partial charge in [0.2, 0.25) is 5.91 Å². The highest BCUT2D eigenvalue weighted by Crippen LogP contribution is 2.43. The third-order valence-corrected chi connectivity index (χ3v) is 6.17. The second-order valence-electron chi connectivity index (χ2n) is 7.68. The van der Waals surface area contributed by atoms with Gasteiger partial charge in [-0.3, -0.25) is 4.79 Å². The number of carbonyl (C=O) groups excluding carboxylic acids is 1. The van der Waals surface area contributed by atoms with Crippen LogP contribution in [0.25, 0.3) is 0 Å². The first kappa shape index (κ1) is 16.4. The average Bonchev–Trinajstić information content (AvgIpc) is 3.28. The van der Waals surface area contributed by atoms with Gasteiger partial charge in [0, 0.05) is 25.7 Å². The number of carboxylic acid groups (broad SMARTS) is 1. The lowest BCUT2D eigenvalue weighted by atomic mass is 9.77. The molecular weight excluding hydrogens is 318 g/mol. The fraction of sp³-hybridized carbons (Fsp3) is 0.632. The zero-order chi connectivity index (χ0) is 17.4. The first-order valence-electron chi connectivity index (χ1n) is 9.35. The van der Waals surface area contributed by atoms with E-state index in [-0.39, 0.29) is 11.1 Å². The van der Waals surface area contributed by atoms with Gasteiger partial charge in [0.05, 0.1) is 5.41 Å². The van der Waals surface area contributed by atoms with Gasteiger partial charge < -0.3 is 14.9 Å². The number of carbonyl (C=O) groups is 2. The Morgan fingerprint density at radius 1 is 1.16 bits per heavy atom. The number of anilines is 1. The van der Waals surface area contributed by atoms with Gasteiger partial charge in [-0.25, -0.2) is 9.78 Å². The second kappa shape index (κ2) is 6.32. The molecule has 1 aromatic heterocycles. The maximum atomic E-state index is 13.3. The highest BCUT2D eigenvalue weighted by Gasteiger charge is 2.50. The van der Waals surface area contributed by atoms with Crippen LogP contribution in [0.3, 0.4) is 0 Å². The van der Waals surface area contributed by atoms with Gasteiger partial charge in [0.1, 0.15) is 5.82 Å². The van der Waals surface area contributed by atoms with Gasteiger partial charge in [-0.15, -0.1) is 0 Å². The number of aromatic nitrogens is 1. The topological polar surface area (TPSA) is 73.7 Å². The van der Waals surface area contributed by atoms with Crippen LogP contribution in [-0.4, -0.2) is 52.5 Å². The number of hydrogen-bond donors (Lipinski definition) is 1. The van der Waals surface area contributed by atoms with E-state index < -0.39 is 5.97 Å². The van der Waals surface area contributed by atoms with Gasteiger partial charge in [-0.05, 0) is 44.2 Å². The minimum atomic E-state index is -1.02. The van der Waals surface area contributed by atoms with Crippen molar-refractivity contribution >= 4 is 17.7 Å². The predicted molar refractivity (Wildman–Crippen MR) is 93.7 cm³/mol. The summed E-state index contributed by atoms with van der Waals surface area (Å²) in [6.45, 7) is 2.32. The van der Waals surface area contributed by atoms with Crippen LogP contribution in [0.5, 0.6) is 0 Å². The van der Waals surface area contributed by atoms with E-state index in [0.29, 0.717) is 24.3 Å². The van der Waals surface area contributed by atoms with E-state index in [1.807, 2.05) is 6.07 Å².